The number of rotatable bonds is 5. The third-order valence-electron chi connectivity index (χ3n) is 3.45. The van der Waals surface area contributed by atoms with Gasteiger partial charge in [-0.1, -0.05) is 45.0 Å². The first-order valence-electron chi connectivity index (χ1n) is 7.57. The molecule has 0 aliphatic heterocycles. The molecule has 1 aromatic heterocycles. The second kappa shape index (κ2) is 10.2. The highest BCUT2D eigenvalue weighted by Gasteiger charge is 2.27. The summed E-state index contributed by atoms with van der Waals surface area (Å²) in [6, 6.07) is 12.6. The van der Waals surface area contributed by atoms with E-state index in [1.165, 1.54) is 0 Å². The van der Waals surface area contributed by atoms with Crippen LogP contribution in [0.4, 0.5) is 0 Å². The monoisotopic (exact) mass is 385 g/mol. The van der Waals surface area contributed by atoms with E-state index in [0.29, 0.717) is 12.4 Å². The van der Waals surface area contributed by atoms with Gasteiger partial charge < -0.3 is 15.8 Å². The number of pyridine rings is 1. The zero-order valence-corrected chi connectivity index (χ0v) is 16.2. The normalized spacial score (nSPS) is 11.5. The van der Waals surface area contributed by atoms with Gasteiger partial charge in [0.25, 0.3) is 0 Å². The molecule has 25 heavy (non-hydrogen) atoms. The summed E-state index contributed by atoms with van der Waals surface area (Å²) >= 11 is 0. The number of nitrogens with two attached hydrogens (primary N) is 1. The molecule has 138 valence electrons. The Morgan fingerprint density at radius 3 is 2.32 bits per heavy atom. The first kappa shape index (κ1) is 23.2. The van der Waals surface area contributed by atoms with Gasteiger partial charge >= 0.3 is 0 Å². The summed E-state index contributed by atoms with van der Waals surface area (Å²) in [6.07, 6.45) is 1.68. The Bertz CT molecular complexity index is 644. The number of benzene rings is 1. The lowest BCUT2D eigenvalue weighted by Gasteiger charge is -2.25. The van der Waals surface area contributed by atoms with Crippen LogP contribution in [0.5, 0.6) is 11.6 Å². The summed E-state index contributed by atoms with van der Waals surface area (Å²) < 4.78 is 5.62. The van der Waals surface area contributed by atoms with Crippen LogP contribution in [0.1, 0.15) is 26.3 Å². The zero-order valence-electron chi connectivity index (χ0n) is 14.6. The predicted molar refractivity (Wildman–Crippen MR) is 105 cm³/mol. The maximum Gasteiger partial charge on any atom is 0.237 e. The second-order valence-corrected chi connectivity index (χ2v) is 6.48. The number of para-hydroxylation sites is 1. The minimum Gasteiger partial charge on any atom is -0.439 e. The van der Waals surface area contributed by atoms with Gasteiger partial charge in [0.1, 0.15) is 5.75 Å². The number of hydrogen-bond acceptors (Lipinski definition) is 4. The number of carbonyl (C=O) groups is 1. The molecule has 0 spiro atoms. The number of nitrogens with one attached hydrogen (secondary N) is 1. The molecule has 5 nitrogen and oxygen atoms in total. The van der Waals surface area contributed by atoms with E-state index in [1.807, 2.05) is 57.2 Å². The van der Waals surface area contributed by atoms with Gasteiger partial charge in [-0.25, -0.2) is 4.98 Å². The van der Waals surface area contributed by atoms with E-state index < -0.39 is 6.04 Å². The molecule has 0 saturated carbocycles. The van der Waals surface area contributed by atoms with Gasteiger partial charge in [-0.15, -0.1) is 24.8 Å². The Morgan fingerprint density at radius 1 is 1.16 bits per heavy atom. The lowest BCUT2D eigenvalue weighted by Crippen LogP contribution is -2.48. The highest BCUT2D eigenvalue weighted by molar-refractivity contribution is 5.85. The van der Waals surface area contributed by atoms with Crippen molar-refractivity contribution in [2.45, 2.75) is 33.4 Å². The molecule has 1 atom stereocenters. The van der Waals surface area contributed by atoms with Crippen LogP contribution >= 0.6 is 24.8 Å². The largest absolute Gasteiger partial charge is 0.439 e. The maximum atomic E-state index is 12.0. The van der Waals surface area contributed by atoms with Crippen molar-refractivity contribution in [1.82, 2.24) is 10.3 Å². The van der Waals surface area contributed by atoms with Crippen LogP contribution < -0.4 is 15.8 Å². The van der Waals surface area contributed by atoms with E-state index in [1.54, 1.807) is 12.3 Å². The SMILES string of the molecule is CC(C)(C)[C@H](N)C(=O)NCc1ccc(Oc2ccccc2)nc1.Cl.Cl. The van der Waals surface area contributed by atoms with E-state index in [0.717, 1.165) is 11.3 Å². The highest BCUT2D eigenvalue weighted by atomic mass is 35.5. The van der Waals surface area contributed by atoms with Crippen molar-refractivity contribution in [2.24, 2.45) is 11.1 Å². The van der Waals surface area contributed by atoms with Gasteiger partial charge in [0, 0.05) is 18.8 Å². The number of ether oxygens (including phenoxy) is 1. The van der Waals surface area contributed by atoms with Crippen molar-refractivity contribution in [3.63, 3.8) is 0 Å². The number of aromatic nitrogens is 1. The van der Waals surface area contributed by atoms with Crippen molar-refractivity contribution < 1.29 is 9.53 Å². The molecule has 0 aliphatic carbocycles. The van der Waals surface area contributed by atoms with Crippen molar-refractivity contribution in [3.8, 4) is 11.6 Å². The number of hydrogen-bond donors (Lipinski definition) is 2. The molecular weight excluding hydrogens is 361 g/mol. The van der Waals surface area contributed by atoms with Crippen molar-refractivity contribution in [2.75, 3.05) is 0 Å². The Morgan fingerprint density at radius 2 is 1.80 bits per heavy atom. The van der Waals surface area contributed by atoms with E-state index in [4.69, 9.17) is 10.5 Å². The van der Waals surface area contributed by atoms with Gasteiger partial charge in [-0.2, -0.15) is 0 Å². The van der Waals surface area contributed by atoms with Crippen LogP contribution in [0.25, 0.3) is 0 Å². The van der Waals surface area contributed by atoms with Crippen LogP contribution in [0.2, 0.25) is 0 Å². The van der Waals surface area contributed by atoms with Gasteiger partial charge in [0.2, 0.25) is 11.8 Å². The fourth-order valence-electron chi connectivity index (χ4n) is 1.88. The predicted octanol–water partition coefficient (Wildman–Crippen LogP) is 3.71. The smallest absolute Gasteiger partial charge is 0.237 e. The minimum atomic E-state index is -0.545. The topological polar surface area (TPSA) is 77.2 Å². The van der Waals surface area contributed by atoms with Crippen molar-refractivity contribution in [1.29, 1.82) is 0 Å². The fraction of sp³-hybridized carbons (Fsp3) is 0.333. The number of amides is 1. The third-order valence-corrected chi connectivity index (χ3v) is 3.45. The molecule has 7 heteroatoms. The van der Waals surface area contributed by atoms with Crippen LogP contribution in [0.3, 0.4) is 0 Å². The molecule has 0 saturated heterocycles. The molecule has 2 aromatic rings. The molecule has 2 rings (SSSR count). The molecular formula is C18H25Cl2N3O2. The summed E-state index contributed by atoms with van der Waals surface area (Å²) in [5.41, 5.74) is 6.54. The Balaban J connectivity index is 0.00000288. The molecule has 0 aliphatic rings. The van der Waals surface area contributed by atoms with Crippen LogP contribution in [0, 0.1) is 5.41 Å². The van der Waals surface area contributed by atoms with E-state index in [9.17, 15) is 4.79 Å². The molecule has 3 N–H and O–H groups in total. The molecule has 0 radical (unpaired) electrons. The number of nitrogens with zero attached hydrogens (tertiary/aromatic N) is 1. The average Bonchev–Trinajstić information content (AvgIpc) is 2.53. The van der Waals surface area contributed by atoms with Crippen LogP contribution in [-0.2, 0) is 11.3 Å². The van der Waals surface area contributed by atoms with Gasteiger partial charge in [0.05, 0.1) is 6.04 Å². The summed E-state index contributed by atoms with van der Waals surface area (Å²) in [5, 5.41) is 2.83. The maximum absolute atomic E-state index is 12.0. The van der Waals surface area contributed by atoms with E-state index in [2.05, 4.69) is 10.3 Å². The van der Waals surface area contributed by atoms with Crippen molar-refractivity contribution >= 4 is 30.7 Å². The van der Waals surface area contributed by atoms with Gasteiger partial charge in [0.15, 0.2) is 0 Å². The number of carbonyl (C=O) groups excluding carboxylic acids is 1. The minimum absolute atomic E-state index is 0. The molecule has 1 heterocycles. The lowest BCUT2D eigenvalue weighted by molar-refractivity contribution is -0.124. The van der Waals surface area contributed by atoms with Crippen LogP contribution in [0.15, 0.2) is 48.7 Å². The molecule has 0 bridgehead atoms. The average molecular weight is 386 g/mol. The zero-order chi connectivity index (χ0) is 16.9. The van der Waals surface area contributed by atoms with Gasteiger partial charge in [-0.3, -0.25) is 4.79 Å². The first-order chi connectivity index (χ1) is 10.9. The summed E-state index contributed by atoms with van der Waals surface area (Å²) in [5.74, 6) is 1.08. The fourth-order valence-corrected chi connectivity index (χ4v) is 1.88. The quantitative estimate of drug-likeness (QED) is 0.821. The van der Waals surface area contributed by atoms with Crippen molar-refractivity contribution in [3.05, 3.63) is 54.2 Å². The highest BCUT2D eigenvalue weighted by Crippen LogP contribution is 2.19. The summed E-state index contributed by atoms with van der Waals surface area (Å²) in [4.78, 5) is 16.2. The molecule has 0 unspecified atom stereocenters. The Labute approximate surface area is 161 Å². The van der Waals surface area contributed by atoms with E-state index in [-0.39, 0.29) is 36.1 Å². The standard InChI is InChI=1S/C18H23N3O2.2ClH/c1-18(2,3)16(19)17(22)21-12-13-9-10-15(20-11-13)23-14-7-5-4-6-8-14;;/h4-11,16H,12,19H2,1-3H3,(H,21,22);2*1H/t16-;;/m1../s1. The third kappa shape index (κ3) is 7.30. The summed E-state index contributed by atoms with van der Waals surface area (Å²) in [6.45, 7) is 6.21. The Hall–Kier alpha value is -1.82. The molecule has 1 amide bonds. The van der Waals surface area contributed by atoms with E-state index >= 15 is 0 Å². The molecule has 1 aromatic carbocycles. The van der Waals surface area contributed by atoms with Gasteiger partial charge in [-0.05, 0) is 23.1 Å². The first-order valence-corrected chi connectivity index (χ1v) is 7.57. The summed E-state index contributed by atoms with van der Waals surface area (Å²) in [7, 11) is 0. The second-order valence-electron chi connectivity index (χ2n) is 6.48. The number of halogens is 2. The van der Waals surface area contributed by atoms with Crippen LogP contribution in [-0.4, -0.2) is 16.9 Å². The molecule has 0 fully saturated rings. The Kier molecular flexibility index (Phi) is 9.49. The lowest BCUT2D eigenvalue weighted by atomic mass is 9.87.